The van der Waals surface area contributed by atoms with Gasteiger partial charge >= 0.3 is 0 Å². The maximum atomic E-state index is 12.6. The molecule has 1 aromatic rings. The Morgan fingerprint density at radius 2 is 2.00 bits per heavy atom. The number of aryl methyl sites for hydroxylation is 1. The van der Waals surface area contributed by atoms with E-state index in [4.69, 9.17) is 0 Å². The second-order valence-corrected chi connectivity index (χ2v) is 8.49. The van der Waals surface area contributed by atoms with Crippen molar-refractivity contribution in [2.45, 2.75) is 91.2 Å². The van der Waals surface area contributed by atoms with E-state index in [-0.39, 0.29) is 11.9 Å². The van der Waals surface area contributed by atoms with Gasteiger partial charge in [0, 0.05) is 18.0 Å². The number of carbonyl (C=O) groups excluding carboxylic acids is 1. The summed E-state index contributed by atoms with van der Waals surface area (Å²) in [6, 6.07) is 2.04. The summed E-state index contributed by atoms with van der Waals surface area (Å²) in [5, 5.41) is 13.3. The highest BCUT2D eigenvalue weighted by Gasteiger charge is 2.31. The lowest BCUT2D eigenvalue weighted by molar-refractivity contribution is -0.00257. The van der Waals surface area contributed by atoms with Crippen molar-refractivity contribution in [2.75, 3.05) is 0 Å². The first-order valence-electron chi connectivity index (χ1n) is 10.2. The molecule has 0 unspecified atom stereocenters. The van der Waals surface area contributed by atoms with Gasteiger partial charge in [-0.05, 0) is 83.8 Å². The van der Waals surface area contributed by atoms with E-state index in [9.17, 15) is 9.90 Å². The van der Waals surface area contributed by atoms with Gasteiger partial charge in [-0.25, -0.2) is 9.98 Å². The summed E-state index contributed by atoms with van der Waals surface area (Å²) in [5.41, 5.74) is 1.95. The van der Waals surface area contributed by atoms with E-state index in [2.05, 4.69) is 22.2 Å². The molecule has 5 nitrogen and oxygen atoms in total. The van der Waals surface area contributed by atoms with Gasteiger partial charge in [-0.1, -0.05) is 13.3 Å². The van der Waals surface area contributed by atoms with E-state index in [0.29, 0.717) is 17.3 Å². The molecule has 2 rings (SSSR count). The quantitative estimate of drug-likeness (QED) is 0.678. The van der Waals surface area contributed by atoms with Crippen LogP contribution in [0, 0.1) is 12.8 Å². The van der Waals surface area contributed by atoms with Gasteiger partial charge in [0.15, 0.2) is 5.82 Å². The SMILES string of the molecule is CCCCC(C)=Nc1ncc(C(=O)NC2CCC(C(C)(C)O)CC2)cc1C. The zero-order chi connectivity index (χ0) is 20.0. The Hall–Kier alpha value is -1.75. The summed E-state index contributed by atoms with van der Waals surface area (Å²) in [6.07, 6.45) is 8.58. The Bertz CT molecular complexity index is 669. The van der Waals surface area contributed by atoms with Crippen molar-refractivity contribution in [2.24, 2.45) is 10.9 Å². The highest BCUT2D eigenvalue weighted by Crippen LogP contribution is 2.32. The summed E-state index contributed by atoms with van der Waals surface area (Å²) in [7, 11) is 0. The fraction of sp³-hybridized carbons (Fsp3) is 0.682. The number of aromatic nitrogens is 1. The number of amides is 1. The van der Waals surface area contributed by atoms with Crippen molar-refractivity contribution >= 4 is 17.4 Å². The van der Waals surface area contributed by atoms with E-state index >= 15 is 0 Å². The molecule has 0 atom stereocenters. The van der Waals surface area contributed by atoms with Crippen molar-refractivity contribution in [3.05, 3.63) is 23.4 Å². The average Bonchev–Trinajstić information content (AvgIpc) is 2.61. The van der Waals surface area contributed by atoms with Gasteiger partial charge in [0.2, 0.25) is 0 Å². The zero-order valence-electron chi connectivity index (χ0n) is 17.5. The second-order valence-electron chi connectivity index (χ2n) is 8.49. The molecule has 0 aliphatic heterocycles. The predicted molar refractivity (Wildman–Crippen MR) is 111 cm³/mol. The molecule has 5 heteroatoms. The van der Waals surface area contributed by atoms with E-state index in [0.717, 1.165) is 56.2 Å². The van der Waals surface area contributed by atoms with E-state index < -0.39 is 5.60 Å². The number of hydrogen-bond acceptors (Lipinski definition) is 4. The molecule has 0 radical (unpaired) electrons. The molecule has 2 N–H and O–H groups in total. The molecule has 27 heavy (non-hydrogen) atoms. The molecule has 0 aromatic carbocycles. The standard InChI is InChI=1S/C22H35N3O2/c1-6-7-8-16(3)24-20-15(2)13-17(14-23-20)21(26)25-19-11-9-18(10-12-19)22(4,5)27/h13-14,18-19,27H,6-12H2,1-5H3,(H,25,26). The third-order valence-corrected chi connectivity index (χ3v) is 5.56. The summed E-state index contributed by atoms with van der Waals surface area (Å²) in [5.74, 6) is 0.934. The van der Waals surface area contributed by atoms with Crippen LogP contribution in [0.25, 0.3) is 0 Å². The lowest BCUT2D eigenvalue weighted by atomic mass is 9.77. The smallest absolute Gasteiger partial charge is 0.253 e. The minimum atomic E-state index is -0.637. The summed E-state index contributed by atoms with van der Waals surface area (Å²) < 4.78 is 0. The third kappa shape index (κ3) is 6.42. The molecule has 1 saturated carbocycles. The van der Waals surface area contributed by atoms with Crippen molar-refractivity contribution in [3.63, 3.8) is 0 Å². The number of pyridine rings is 1. The topological polar surface area (TPSA) is 74.6 Å². The van der Waals surface area contributed by atoms with Gasteiger partial charge < -0.3 is 10.4 Å². The number of aliphatic hydroxyl groups is 1. The van der Waals surface area contributed by atoms with E-state index in [1.165, 1.54) is 0 Å². The highest BCUT2D eigenvalue weighted by atomic mass is 16.3. The van der Waals surface area contributed by atoms with E-state index in [1.54, 1.807) is 6.20 Å². The molecular formula is C22H35N3O2. The Kier molecular flexibility index (Phi) is 7.54. The van der Waals surface area contributed by atoms with E-state index in [1.807, 2.05) is 33.8 Å². The zero-order valence-corrected chi connectivity index (χ0v) is 17.5. The number of unbranched alkanes of at least 4 members (excludes halogenated alkanes) is 1. The fourth-order valence-corrected chi connectivity index (χ4v) is 3.69. The molecule has 0 bridgehead atoms. The Morgan fingerprint density at radius 3 is 2.56 bits per heavy atom. The van der Waals surface area contributed by atoms with Crippen LogP contribution in [-0.2, 0) is 0 Å². The van der Waals surface area contributed by atoms with Crippen LogP contribution >= 0.6 is 0 Å². The molecule has 1 fully saturated rings. The van der Waals surface area contributed by atoms with Gasteiger partial charge in [0.1, 0.15) is 0 Å². The van der Waals surface area contributed by atoms with Crippen molar-refractivity contribution in [1.29, 1.82) is 0 Å². The van der Waals surface area contributed by atoms with Gasteiger partial charge in [0.05, 0.1) is 11.2 Å². The maximum Gasteiger partial charge on any atom is 0.253 e. The third-order valence-electron chi connectivity index (χ3n) is 5.56. The lowest BCUT2D eigenvalue weighted by Gasteiger charge is -2.36. The average molecular weight is 374 g/mol. The van der Waals surface area contributed by atoms with Gasteiger partial charge in [-0.2, -0.15) is 0 Å². The Balaban J connectivity index is 1.95. The molecule has 1 heterocycles. The van der Waals surface area contributed by atoms with Crippen LogP contribution < -0.4 is 5.32 Å². The van der Waals surface area contributed by atoms with Crippen LogP contribution in [0.3, 0.4) is 0 Å². The molecule has 150 valence electrons. The van der Waals surface area contributed by atoms with Crippen LogP contribution in [0.1, 0.15) is 88.6 Å². The Labute approximate surface area is 163 Å². The molecule has 0 spiro atoms. The second kappa shape index (κ2) is 9.45. The largest absolute Gasteiger partial charge is 0.390 e. The van der Waals surface area contributed by atoms with Gasteiger partial charge in [-0.15, -0.1) is 0 Å². The van der Waals surface area contributed by atoms with Crippen LogP contribution in [0.15, 0.2) is 17.3 Å². The highest BCUT2D eigenvalue weighted by molar-refractivity contribution is 5.94. The molecule has 1 aliphatic carbocycles. The first-order valence-corrected chi connectivity index (χ1v) is 10.2. The molecule has 0 saturated heterocycles. The molecule has 1 aliphatic rings. The van der Waals surface area contributed by atoms with Crippen molar-refractivity contribution in [1.82, 2.24) is 10.3 Å². The minimum absolute atomic E-state index is 0.0736. The molecular weight excluding hydrogens is 338 g/mol. The number of hydrogen-bond donors (Lipinski definition) is 2. The summed E-state index contributed by atoms with van der Waals surface area (Å²) in [4.78, 5) is 21.6. The minimum Gasteiger partial charge on any atom is -0.390 e. The van der Waals surface area contributed by atoms with Crippen molar-refractivity contribution in [3.8, 4) is 0 Å². The van der Waals surface area contributed by atoms with Crippen LogP contribution in [0.2, 0.25) is 0 Å². The molecule has 1 aromatic heterocycles. The predicted octanol–water partition coefficient (Wildman–Crippen LogP) is 4.73. The van der Waals surface area contributed by atoms with Crippen LogP contribution in [-0.4, -0.2) is 33.4 Å². The first kappa shape index (κ1) is 21.5. The normalized spacial score (nSPS) is 21.2. The molecule has 1 amide bonds. The van der Waals surface area contributed by atoms with Crippen LogP contribution in [0.5, 0.6) is 0 Å². The number of nitrogens with zero attached hydrogens (tertiary/aromatic N) is 2. The number of nitrogens with one attached hydrogen (secondary N) is 1. The van der Waals surface area contributed by atoms with Crippen LogP contribution in [0.4, 0.5) is 5.82 Å². The van der Waals surface area contributed by atoms with Gasteiger partial charge in [0.25, 0.3) is 5.91 Å². The van der Waals surface area contributed by atoms with Crippen molar-refractivity contribution < 1.29 is 9.90 Å². The number of aliphatic imine (C=N–C) groups is 1. The number of rotatable bonds is 7. The lowest BCUT2D eigenvalue weighted by Crippen LogP contribution is -2.41. The maximum absolute atomic E-state index is 12.6. The monoisotopic (exact) mass is 373 g/mol. The number of carbonyl (C=O) groups is 1. The fourth-order valence-electron chi connectivity index (χ4n) is 3.69. The summed E-state index contributed by atoms with van der Waals surface area (Å²) in [6.45, 7) is 9.89. The first-order chi connectivity index (χ1) is 12.7. The summed E-state index contributed by atoms with van der Waals surface area (Å²) >= 11 is 0. The Morgan fingerprint density at radius 1 is 1.33 bits per heavy atom. The van der Waals surface area contributed by atoms with Gasteiger partial charge in [-0.3, -0.25) is 4.79 Å².